The molecule has 1 rings (SSSR count). The van der Waals surface area contributed by atoms with Crippen LogP contribution in [0.1, 0.15) is 11.6 Å². The van der Waals surface area contributed by atoms with Gasteiger partial charge in [-0.25, -0.2) is 0 Å². The van der Waals surface area contributed by atoms with E-state index >= 15 is 0 Å². The molecule has 58 valence electrons. The van der Waals surface area contributed by atoms with Crippen LogP contribution in [0.3, 0.4) is 0 Å². The van der Waals surface area contributed by atoms with Crippen molar-refractivity contribution in [3.05, 3.63) is 36.7 Å². The molecule has 0 aliphatic heterocycles. The van der Waals surface area contributed by atoms with Crippen LogP contribution in [0.25, 0.3) is 0 Å². The van der Waals surface area contributed by atoms with Crippen LogP contribution in [-0.2, 0) is 0 Å². The highest BCUT2D eigenvalue weighted by Crippen LogP contribution is 2.11. The Bertz CT molecular complexity index is 257. The van der Waals surface area contributed by atoms with Gasteiger partial charge in [-0.3, -0.25) is 4.98 Å². The van der Waals surface area contributed by atoms with Crippen LogP contribution >= 0.6 is 0 Å². The lowest BCUT2D eigenvalue weighted by Gasteiger charge is -2.05. The zero-order valence-corrected chi connectivity index (χ0v) is 6.20. The smallest absolute Gasteiger partial charge is 0.0504 e. The van der Waals surface area contributed by atoms with E-state index in [1.54, 1.807) is 24.5 Å². The predicted molar refractivity (Wildman–Crippen MR) is 45.8 cm³/mol. The fourth-order valence-corrected chi connectivity index (χ4v) is 0.795. The average Bonchev–Trinajstić information content (AvgIpc) is 2.03. The summed E-state index contributed by atoms with van der Waals surface area (Å²) in [7, 11) is 0. The summed E-state index contributed by atoms with van der Waals surface area (Å²) in [5.41, 5.74) is 12.7. The second kappa shape index (κ2) is 3.16. The summed E-state index contributed by atoms with van der Waals surface area (Å²) < 4.78 is 0. The largest absolute Gasteiger partial charge is 0.397 e. The van der Waals surface area contributed by atoms with Gasteiger partial charge < -0.3 is 11.5 Å². The number of anilines is 1. The van der Waals surface area contributed by atoms with E-state index in [0.717, 1.165) is 5.56 Å². The van der Waals surface area contributed by atoms with Crippen LogP contribution in [-0.4, -0.2) is 4.98 Å². The fraction of sp³-hybridized carbons (Fsp3) is 0.125. The third-order valence-electron chi connectivity index (χ3n) is 1.42. The number of hydrogen-bond donors (Lipinski definition) is 2. The number of nitrogens with zero attached hydrogens (tertiary/aromatic N) is 1. The van der Waals surface area contributed by atoms with Gasteiger partial charge in [-0.1, -0.05) is 6.08 Å². The molecule has 1 heterocycles. The highest BCUT2D eigenvalue weighted by molar-refractivity contribution is 5.38. The minimum absolute atomic E-state index is 0.175. The van der Waals surface area contributed by atoms with Gasteiger partial charge in [0, 0.05) is 18.4 Å². The Morgan fingerprint density at radius 3 is 2.82 bits per heavy atom. The Balaban J connectivity index is 2.95. The van der Waals surface area contributed by atoms with E-state index in [4.69, 9.17) is 11.5 Å². The van der Waals surface area contributed by atoms with Crippen molar-refractivity contribution >= 4 is 5.69 Å². The lowest BCUT2D eigenvalue weighted by Crippen LogP contribution is -2.07. The van der Waals surface area contributed by atoms with Crippen LogP contribution in [0, 0.1) is 0 Å². The van der Waals surface area contributed by atoms with Gasteiger partial charge in [-0.2, -0.15) is 0 Å². The molecule has 0 spiro atoms. The maximum atomic E-state index is 5.65. The first-order valence-electron chi connectivity index (χ1n) is 3.32. The summed E-state index contributed by atoms with van der Waals surface area (Å²) in [4.78, 5) is 3.90. The van der Waals surface area contributed by atoms with Gasteiger partial charge in [0.2, 0.25) is 0 Å². The fourth-order valence-electron chi connectivity index (χ4n) is 0.795. The van der Waals surface area contributed by atoms with Crippen LogP contribution < -0.4 is 11.5 Å². The second-order valence-corrected chi connectivity index (χ2v) is 2.31. The lowest BCUT2D eigenvalue weighted by atomic mass is 10.1. The minimum Gasteiger partial charge on any atom is -0.397 e. The van der Waals surface area contributed by atoms with Crippen LogP contribution in [0.15, 0.2) is 31.1 Å². The molecule has 11 heavy (non-hydrogen) atoms. The van der Waals surface area contributed by atoms with Gasteiger partial charge in [0.25, 0.3) is 0 Å². The summed E-state index contributed by atoms with van der Waals surface area (Å²) in [5.74, 6) is 0. The monoisotopic (exact) mass is 149 g/mol. The third-order valence-corrected chi connectivity index (χ3v) is 1.42. The zero-order valence-electron chi connectivity index (χ0n) is 6.20. The molecular weight excluding hydrogens is 138 g/mol. The van der Waals surface area contributed by atoms with E-state index in [-0.39, 0.29) is 6.04 Å². The second-order valence-electron chi connectivity index (χ2n) is 2.31. The van der Waals surface area contributed by atoms with Crippen LogP contribution in [0.5, 0.6) is 0 Å². The minimum atomic E-state index is -0.175. The van der Waals surface area contributed by atoms with Gasteiger partial charge in [-0.05, 0) is 11.6 Å². The van der Waals surface area contributed by atoms with E-state index in [1.807, 2.05) is 0 Å². The molecule has 0 aliphatic carbocycles. The summed E-state index contributed by atoms with van der Waals surface area (Å²) in [5, 5.41) is 0. The van der Waals surface area contributed by atoms with Crippen LogP contribution in [0.2, 0.25) is 0 Å². The van der Waals surface area contributed by atoms with E-state index in [2.05, 4.69) is 11.6 Å². The molecule has 4 N–H and O–H groups in total. The molecule has 3 nitrogen and oxygen atoms in total. The maximum Gasteiger partial charge on any atom is 0.0504 e. The highest BCUT2D eigenvalue weighted by atomic mass is 14.7. The Labute approximate surface area is 65.7 Å². The zero-order chi connectivity index (χ0) is 8.27. The molecule has 0 radical (unpaired) electrons. The highest BCUT2D eigenvalue weighted by Gasteiger charge is 2.00. The van der Waals surface area contributed by atoms with E-state index in [1.165, 1.54) is 0 Å². The van der Waals surface area contributed by atoms with Crippen molar-refractivity contribution in [1.29, 1.82) is 0 Å². The number of pyridine rings is 1. The number of nitrogen functional groups attached to an aromatic ring is 1. The molecule has 1 atom stereocenters. The standard InChI is InChI=1S/C8H11N3/c1-2-8(10)6-3-7(9)5-11-4-6/h2-5,8H,1,9-10H2/t8-/m1/s1. The molecule has 1 aromatic rings. The van der Waals surface area contributed by atoms with E-state index in [0.29, 0.717) is 5.69 Å². The topological polar surface area (TPSA) is 64.9 Å². The molecule has 0 fully saturated rings. The van der Waals surface area contributed by atoms with Gasteiger partial charge >= 0.3 is 0 Å². The molecule has 0 amide bonds. The van der Waals surface area contributed by atoms with Gasteiger partial charge in [0.1, 0.15) is 0 Å². The van der Waals surface area contributed by atoms with Crippen molar-refractivity contribution < 1.29 is 0 Å². The first kappa shape index (κ1) is 7.75. The number of aromatic nitrogens is 1. The van der Waals surface area contributed by atoms with Crippen molar-refractivity contribution in [1.82, 2.24) is 4.98 Å². The van der Waals surface area contributed by atoms with Crippen molar-refractivity contribution in [2.45, 2.75) is 6.04 Å². The summed E-state index contributed by atoms with van der Waals surface area (Å²) in [6.45, 7) is 3.57. The molecule has 0 saturated heterocycles. The molecular formula is C8H11N3. The van der Waals surface area contributed by atoms with Crippen molar-refractivity contribution in [3.63, 3.8) is 0 Å². The molecule has 0 unspecified atom stereocenters. The quantitative estimate of drug-likeness (QED) is 0.612. The number of nitrogens with two attached hydrogens (primary N) is 2. The molecule has 1 aromatic heterocycles. The van der Waals surface area contributed by atoms with Crippen LogP contribution in [0.4, 0.5) is 5.69 Å². The van der Waals surface area contributed by atoms with E-state index in [9.17, 15) is 0 Å². The van der Waals surface area contributed by atoms with Crippen molar-refractivity contribution in [3.8, 4) is 0 Å². The molecule has 0 saturated carbocycles. The summed E-state index contributed by atoms with van der Waals surface area (Å²) in [6, 6.07) is 1.62. The lowest BCUT2D eigenvalue weighted by molar-refractivity contribution is 0.905. The SMILES string of the molecule is C=C[C@@H](N)c1cncc(N)c1. The van der Waals surface area contributed by atoms with Crippen molar-refractivity contribution in [2.24, 2.45) is 5.73 Å². The van der Waals surface area contributed by atoms with Gasteiger partial charge in [0.05, 0.1) is 5.69 Å². The summed E-state index contributed by atoms with van der Waals surface area (Å²) >= 11 is 0. The Morgan fingerprint density at radius 2 is 2.27 bits per heavy atom. The first-order chi connectivity index (χ1) is 5.24. The predicted octanol–water partition coefficient (Wildman–Crippen LogP) is 0.850. The number of hydrogen-bond acceptors (Lipinski definition) is 3. The third kappa shape index (κ3) is 1.78. The summed E-state index contributed by atoms with van der Waals surface area (Å²) in [6.07, 6.45) is 4.92. The van der Waals surface area contributed by atoms with Gasteiger partial charge in [0.15, 0.2) is 0 Å². The Hall–Kier alpha value is -1.35. The normalized spacial score (nSPS) is 12.5. The maximum absolute atomic E-state index is 5.65. The first-order valence-corrected chi connectivity index (χ1v) is 3.32. The Morgan fingerprint density at radius 1 is 1.55 bits per heavy atom. The molecule has 0 bridgehead atoms. The number of rotatable bonds is 2. The molecule has 3 heteroatoms. The van der Waals surface area contributed by atoms with Gasteiger partial charge in [-0.15, -0.1) is 6.58 Å². The molecule has 0 aromatic carbocycles. The van der Waals surface area contributed by atoms with E-state index < -0.39 is 0 Å². The van der Waals surface area contributed by atoms with Crippen molar-refractivity contribution in [2.75, 3.05) is 5.73 Å². The average molecular weight is 149 g/mol. The Kier molecular flexibility index (Phi) is 2.23. The molecule has 0 aliphatic rings.